The van der Waals surface area contributed by atoms with E-state index in [-0.39, 0.29) is 0 Å². The van der Waals surface area contributed by atoms with Crippen molar-refractivity contribution in [2.75, 3.05) is 44.3 Å². The number of imidazole rings is 1. The molecule has 3 aromatic heterocycles. The molecule has 2 fully saturated rings. The average Bonchev–Trinajstić information content (AvgIpc) is 3.55. The van der Waals surface area contributed by atoms with Gasteiger partial charge in [0.1, 0.15) is 17.8 Å². The highest BCUT2D eigenvalue weighted by atomic mass is 35.5. The van der Waals surface area contributed by atoms with Crippen molar-refractivity contribution in [3.05, 3.63) is 59.0 Å². The van der Waals surface area contributed by atoms with Crippen molar-refractivity contribution in [2.45, 2.75) is 37.8 Å². The number of piperazine rings is 1. The van der Waals surface area contributed by atoms with Crippen molar-refractivity contribution in [1.29, 1.82) is 0 Å². The van der Waals surface area contributed by atoms with Gasteiger partial charge in [0, 0.05) is 62.8 Å². The first-order chi connectivity index (χ1) is 20.4. The molecule has 7 rings (SSSR count). The third kappa shape index (κ3) is 4.88. The van der Waals surface area contributed by atoms with Crippen molar-refractivity contribution >= 4 is 62.7 Å². The number of likely N-dealkylation sites (N-methyl/N-ethyl adjacent to an activating group) is 1. The largest absolute Gasteiger partial charge is 0.383 e. The standard InChI is InChI=1S/C31H35Cl2N9/c1-39-13-15-41(16-14-39)21-7-9-22(10-8-21)42-17-23(26-29(34)35-18-36-30(26)42)19-3-5-20(6-4-19)37-31-38-25-12-11-24(32)27(33)28(25)40(31)2/h3-6,11-12,17-18,21-22H,7-10,13-16H2,1-2H3,(H,37,38)(H2,34,35,36)/t21-,22+. The van der Waals surface area contributed by atoms with Gasteiger partial charge in [-0.15, -0.1) is 0 Å². The minimum Gasteiger partial charge on any atom is -0.383 e. The fourth-order valence-electron chi connectivity index (χ4n) is 6.70. The summed E-state index contributed by atoms with van der Waals surface area (Å²) in [5, 5.41) is 5.34. The van der Waals surface area contributed by atoms with Crippen molar-refractivity contribution in [2.24, 2.45) is 7.05 Å². The van der Waals surface area contributed by atoms with Gasteiger partial charge >= 0.3 is 0 Å². The van der Waals surface area contributed by atoms with E-state index in [2.05, 4.69) is 50.0 Å². The number of aromatic nitrogens is 5. The van der Waals surface area contributed by atoms with Crippen molar-refractivity contribution in [3.63, 3.8) is 0 Å². The molecular weight excluding hydrogens is 569 g/mol. The minimum atomic E-state index is 0.401. The summed E-state index contributed by atoms with van der Waals surface area (Å²) in [6, 6.07) is 13.0. The van der Waals surface area contributed by atoms with E-state index in [0.717, 1.165) is 64.8 Å². The molecule has 218 valence electrons. The Bertz CT molecular complexity index is 1740. The second-order valence-corrected chi connectivity index (χ2v) is 12.4. The van der Waals surface area contributed by atoms with Crippen LogP contribution in [0, 0.1) is 0 Å². The van der Waals surface area contributed by atoms with Crippen molar-refractivity contribution in [3.8, 4) is 11.1 Å². The molecule has 11 heteroatoms. The lowest BCUT2D eigenvalue weighted by Crippen LogP contribution is -2.49. The van der Waals surface area contributed by atoms with Crippen LogP contribution < -0.4 is 11.1 Å². The second-order valence-electron chi connectivity index (χ2n) is 11.6. The van der Waals surface area contributed by atoms with Gasteiger partial charge in [-0.05, 0) is 62.6 Å². The van der Waals surface area contributed by atoms with Crippen LogP contribution >= 0.6 is 23.2 Å². The molecule has 1 aliphatic heterocycles. The third-order valence-electron chi connectivity index (χ3n) is 9.13. The van der Waals surface area contributed by atoms with Crippen molar-refractivity contribution in [1.82, 2.24) is 33.9 Å². The normalized spacial score (nSPS) is 20.5. The summed E-state index contributed by atoms with van der Waals surface area (Å²) in [7, 11) is 4.14. The van der Waals surface area contributed by atoms with E-state index in [9.17, 15) is 0 Å². The predicted octanol–water partition coefficient (Wildman–Crippen LogP) is 6.35. The lowest BCUT2D eigenvalue weighted by Gasteiger charge is -2.41. The van der Waals surface area contributed by atoms with Crippen LogP contribution in [0.5, 0.6) is 0 Å². The van der Waals surface area contributed by atoms with Crippen LogP contribution in [0.1, 0.15) is 31.7 Å². The van der Waals surface area contributed by atoms with E-state index in [1.54, 1.807) is 12.4 Å². The quantitative estimate of drug-likeness (QED) is 0.242. The van der Waals surface area contributed by atoms with Crippen LogP contribution in [-0.2, 0) is 7.05 Å². The molecule has 0 unspecified atom stereocenters. The zero-order valence-electron chi connectivity index (χ0n) is 23.9. The Morgan fingerprint density at radius 1 is 0.881 bits per heavy atom. The maximum atomic E-state index is 6.46. The summed E-state index contributed by atoms with van der Waals surface area (Å²) in [4.78, 5) is 18.9. The lowest BCUT2D eigenvalue weighted by molar-refractivity contribution is 0.0828. The molecular formula is C31H35Cl2N9. The van der Waals surface area contributed by atoms with Gasteiger partial charge in [-0.2, -0.15) is 0 Å². The van der Waals surface area contributed by atoms with E-state index in [4.69, 9.17) is 38.9 Å². The molecule has 2 aromatic carbocycles. The fraction of sp³-hybridized carbons (Fsp3) is 0.387. The van der Waals surface area contributed by atoms with Crippen LogP contribution in [0.15, 0.2) is 48.9 Å². The molecule has 0 bridgehead atoms. The summed E-state index contributed by atoms with van der Waals surface area (Å²) in [5.41, 5.74) is 12.0. The zero-order chi connectivity index (χ0) is 29.0. The highest BCUT2D eigenvalue weighted by molar-refractivity contribution is 6.45. The Morgan fingerprint density at radius 2 is 1.60 bits per heavy atom. The number of nitrogens with one attached hydrogen (secondary N) is 1. The Labute approximate surface area is 255 Å². The molecule has 0 radical (unpaired) electrons. The summed E-state index contributed by atoms with van der Waals surface area (Å²) in [6.07, 6.45) is 8.52. The first kappa shape index (κ1) is 27.5. The van der Waals surface area contributed by atoms with Gasteiger partial charge in [-0.25, -0.2) is 15.0 Å². The molecule has 1 saturated heterocycles. The summed E-state index contributed by atoms with van der Waals surface area (Å²) >= 11 is 12.7. The topological polar surface area (TPSA) is 93.1 Å². The third-order valence-corrected chi connectivity index (χ3v) is 9.93. The Morgan fingerprint density at radius 3 is 2.33 bits per heavy atom. The minimum absolute atomic E-state index is 0.401. The molecule has 2 aliphatic rings. The van der Waals surface area contributed by atoms with Gasteiger partial charge in [0.2, 0.25) is 5.95 Å². The van der Waals surface area contributed by atoms with Gasteiger partial charge in [0.25, 0.3) is 0 Å². The Balaban J connectivity index is 1.13. The van der Waals surface area contributed by atoms with Crippen LogP contribution in [-0.4, -0.2) is 73.2 Å². The Hall–Kier alpha value is -3.37. The number of hydrogen-bond acceptors (Lipinski definition) is 7. The van der Waals surface area contributed by atoms with Gasteiger partial charge in [0.15, 0.2) is 0 Å². The predicted molar refractivity (Wildman–Crippen MR) is 172 cm³/mol. The number of anilines is 3. The molecule has 5 aromatic rings. The van der Waals surface area contributed by atoms with E-state index >= 15 is 0 Å². The van der Waals surface area contributed by atoms with Crippen LogP contribution in [0.2, 0.25) is 10.0 Å². The molecule has 4 heterocycles. The van der Waals surface area contributed by atoms with E-state index < -0.39 is 0 Å². The summed E-state index contributed by atoms with van der Waals surface area (Å²) in [5.74, 6) is 1.20. The van der Waals surface area contributed by atoms with Crippen LogP contribution in [0.3, 0.4) is 0 Å². The van der Waals surface area contributed by atoms with E-state index in [0.29, 0.717) is 33.9 Å². The number of rotatable bonds is 5. The van der Waals surface area contributed by atoms with E-state index in [1.165, 1.54) is 25.9 Å². The number of nitrogens with two attached hydrogens (primary N) is 1. The number of aryl methyl sites for hydroxylation is 1. The number of benzene rings is 2. The molecule has 0 atom stereocenters. The smallest absolute Gasteiger partial charge is 0.208 e. The summed E-state index contributed by atoms with van der Waals surface area (Å²) < 4.78 is 4.27. The average molecular weight is 605 g/mol. The highest BCUT2D eigenvalue weighted by Crippen LogP contribution is 2.39. The zero-order valence-corrected chi connectivity index (χ0v) is 25.4. The Kier molecular flexibility index (Phi) is 7.22. The molecule has 0 spiro atoms. The first-order valence-corrected chi connectivity index (χ1v) is 15.3. The number of nitrogen functional groups attached to an aromatic ring is 1. The molecule has 3 N–H and O–H groups in total. The van der Waals surface area contributed by atoms with Crippen LogP contribution in [0.4, 0.5) is 17.5 Å². The first-order valence-electron chi connectivity index (χ1n) is 14.6. The number of hydrogen-bond donors (Lipinski definition) is 2. The monoisotopic (exact) mass is 603 g/mol. The van der Waals surface area contributed by atoms with Gasteiger partial charge in [-0.3, -0.25) is 4.90 Å². The SMILES string of the molecule is CN1CCN([C@H]2CC[C@@H](n3cc(-c4ccc(Nc5nc6ccc(Cl)c(Cl)c6n5C)cc4)c4c(N)ncnc43)CC2)CC1. The molecule has 9 nitrogen and oxygen atoms in total. The number of nitrogens with zero attached hydrogens (tertiary/aromatic N) is 7. The van der Waals surface area contributed by atoms with Gasteiger partial charge in [0.05, 0.1) is 26.5 Å². The second kappa shape index (κ2) is 11.0. The number of fused-ring (bicyclic) bond motifs is 2. The maximum Gasteiger partial charge on any atom is 0.208 e. The lowest BCUT2D eigenvalue weighted by atomic mass is 9.89. The number of halogens is 2. The summed E-state index contributed by atoms with van der Waals surface area (Å²) in [6.45, 7) is 4.68. The molecule has 0 amide bonds. The molecule has 1 aliphatic carbocycles. The van der Waals surface area contributed by atoms with Gasteiger partial charge in [-0.1, -0.05) is 35.3 Å². The molecule has 1 saturated carbocycles. The van der Waals surface area contributed by atoms with Crippen LogP contribution in [0.25, 0.3) is 33.2 Å². The van der Waals surface area contributed by atoms with Crippen molar-refractivity contribution < 1.29 is 0 Å². The highest BCUT2D eigenvalue weighted by Gasteiger charge is 2.30. The molecule has 42 heavy (non-hydrogen) atoms. The maximum absolute atomic E-state index is 6.46. The fourth-order valence-corrected chi connectivity index (χ4v) is 7.14. The van der Waals surface area contributed by atoms with Gasteiger partial charge < -0.3 is 25.1 Å². The van der Waals surface area contributed by atoms with E-state index in [1.807, 2.05) is 29.8 Å².